The summed E-state index contributed by atoms with van der Waals surface area (Å²) in [6.45, 7) is 11.0. The van der Waals surface area contributed by atoms with E-state index in [2.05, 4.69) is 33.0 Å². The molecule has 0 aliphatic heterocycles. The van der Waals surface area contributed by atoms with Crippen LogP contribution in [0.3, 0.4) is 0 Å². The molecule has 0 bridgehead atoms. The maximum Gasteiger partial charge on any atom is 0.0173 e. The van der Waals surface area contributed by atoms with E-state index in [1.165, 1.54) is 32.1 Å². The first kappa shape index (κ1) is 14.9. The van der Waals surface area contributed by atoms with Crippen LogP contribution in [0.25, 0.3) is 0 Å². The second-order valence-corrected chi connectivity index (χ2v) is 4.57. The van der Waals surface area contributed by atoms with Crippen molar-refractivity contribution in [3.8, 4) is 0 Å². The highest BCUT2D eigenvalue weighted by molar-refractivity contribution is 4.83. The second kappa shape index (κ2) is 8.12. The summed E-state index contributed by atoms with van der Waals surface area (Å²) in [6, 6.07) is 0. The van der Waals surface area contributed by atoms with Gasteiger partial charge in [0.2, 0.25) is 0 Å². The Hall–Kier alpha value is -0.0800. The van der Waals surface area contributed by atoms with Crippen molar-refractivity contribution in [2.24, 2.45) is 11.7 Å². The van der Waals surface area contributed by atoms with Gasteiger partial charge in [0.15, 0.2) is 0 Å². The third kappa shape index (κ3) is 4.98. The maximum atomic E-state index is 5.70. The number of hydrogen-bond donors (Lipinski definition) is 2. The third-order valence-corrected chi connectivity index (χ3v) is 3.99. The van der Waals surface area contributed by atoms with Gasteiger partial charge in [-0.2, -0.15) is 0 Å². The first-order valence-corrected chi connectivity index (χ1v) is 6.63. The van der Waals surface area contributed by atoms with Crippen LogP contribution in [0.5, 0.6) is 0 Å². The molecule has 0 aromatic carbocycles. The molecule has 0 aliphatic carbocycles. The van der Waals surface area contributed by atoms with Crippen LogP contribution in [0.1, 0.15) is 59.8 Å². The minimum atomic E-state index is 0.368. The molecular formula is C13H30N2. The molecule has 0 aromatic heterocycles. The monoisotopic (exact) mass is 214 g/mol. The molecule has 0 heterocycles. The van der Waals surface area contributed by atoms with Crippen LogP contribution in [0.4, 0.5) is 0 Å². The first-order chi connectivity index (χ1) is 7.17. The van der Waals surface area contributed by atoms with Crippen molar-refractivity contribution >= 4 is 0 Å². The summed E-state index contributed by atoms with van der Waals surface area (Å²) < 4.78 is 0. The predicted molar refractivity (Wildman–Crippen MR) is 69.1 cm³/mol. The summed E-state index contributed by atoms with van der Waals surface area (Å²) in [5, 5.41) is 3.73. The third-order valence-electron chi connectivity index (χ3n) is 3.99. The minimum absolute atomic E-state index is 0.368. The minimum Gasteiger partial charge on any atom is -0.330 e. The molecule has 0 rings (SSSR count). The molecular weight excluding hydrogens is 184 g/mol. The van der Waals surface area contributed by atoms with Crippen LogP contribution in [0.15, 0.2) is 0 Å². The zero-order valence-electron chi connectivity index (χ0n) is 11.1. The van der Waals surface area contributed by atoms with E-state index in [0.717, 1.165) is 13.1 Å². The first-order valence-electron chi connectivity index (χ1n) is 6.63. The van der Waals surface area contributed by atoms with Gasteiger partial charge in [0.1, 0.15) is 0 Å². The van der Waals surface area contributed by atoms with E-state index in [-0.39, 0.29) is 0 Å². The van der Waals surface area contributed by atoms with Crippen LogP contribution in [0.2, 0.25) is 0 Å². The molecule has 0 radical (unpaired) electrons. The van der Waals surface area contributed by atoms with Crippen molar-refractivity contribution in [3.05, 3.63) is 0 Å². The van der Waals surface area contributed by atoms with E-state index in [1.807, 2.05) is 0 Å². The second-order valence-electron chi connectivity index (χ2n) is 4.57. The maximum absolute atomic E-state index is 5.70. The molecule has 92 valence electrons. The lowest BCUT2D eigenvalue weighted by molar-refractivity contribution is 0.279. The fraction of sp³-hybridized carbons (Fsp3) is 1.00. The molecule has 0 aliphatic rings. The zero-order valence-corrected chi connectivity index (χ0v) is 11.1. The Balaban J connectivity index is 3.89. The van der Waals surface area contributed by atoms with Gasteiger partial charge in [0, 0.05) is 5.54 Å². The summed E-state index contributed by atoms with van der Waals surface area (Å²) in [5.74, 6) is 0.695. The highest BCUT2D eigenvalue weighted by atomic mass is 15.0. The number of hydrogen-bond acceptors (Lipinski definition) is 2. The molecule has 0 saturated heterocycles. The highest BCUT2D eigenvalue weighted by Crippen LogP contribution is 2.19. The molecule has 0 saturated carbocycles. The lowest BCUT2D eigenvalue weighted by Gasteiger charge is -2.32. The molecule has 0 spiro atoms. The molecule has 3 N–H and O–H groups in total. The van der Waals surface area contributed by atoms with E-state index < -0.39 is 0 Å². The SMILES string of the molecule is CCC(CN)CCNC(CC)(CC)CC. The van der Waals surface area contributed by atoms with Gasteiger partial charge >= 0.3 is 0 Å². The van der Waals surface area contributed by atoms with Gasteiger partial charge in [-0.3, -0.25) is 0 Å². The van der Waals surface area contributed by atoms with Gasteiger partial charge in [0.05, 0.1) is 0 Å². The Morgan fingerprint density at radius 1 is 1.07 bits per heavy atom. The highest BCUT2D eigenvalue weighted by Gasteiger charge is 2.22. The van der Waals surface area contributed by atoms with Gasteiger partial charge < -0.3 is 11.1 Å². The van der Waals surface area contributed by atoms with Crippen molar-refractivity contribution in [2.45, 2.75) is 65.3 Å². The average Bonchev–Trinajstić information content (AvgIpc) is 2.31. The lowest BCUT2D eigenvalue weighted by atomic mass is 9.89. The van der Waals surface area contributed by atoms with E-state index >= 15 is 0 Å². The molecule has 0 amide bonds. The molecule has 0 fully saturated rings. The molecule has 1 atom stereocenters. The topological polar surface area (TPSA) is 38.0 Å². The number of rotatable bonds is 9. The van der Waals surface area contributed by atoms with Gasteiger partial charge in [-0.15, -0.1) is 0 Å². The van der Waals surface area contributed by atoms with Crippen molar-refractivity contribution in [1.29, 1.82) is 0 Å². The standard InChI is InChI=1S/C13H30N2/c1-5-12(11-14)9-10-15-13(6-2,7-3)8-4/h12,15H,5-11,14H2,1-4H3. The van der Waals surface area contributed by atoms with Crippen LogP contribution in [-0.2, 0) is 0 Å². The van der Waals surface area contributed by atoms with E-state index in [1.54, 1.807) is 0 Å². The van der Waals surface area contributed by atoms with Crippen LogP contribution < -0.4 is 11.1 Å². The zero-order chi connectivity index (χ0) is 11.7. The van der Waals surface area contributed by atoms with Crippen molar-refractivity contribution in [2.75, 3.05) is 13.1 Å². The molecule has 1 unspecified atom stereocenters. The lowest BCUT2D eigenvalue weighted by Crippen LogP contribution is -2.44. The van der Waals surface area contributed by atoms with Crippen LogP contribution >= 0.6 is 0 Å². The summed E-state index contributed by atoms with van der Waals surface area (Å²) in [4.78, 5) is 0. The molecule has 0 aromatic rings. The number of nitrogens with two attached hydrogens (primary N) is 1. The summed E-state index contributed by atoms with van der Waals surface area (Å²) in [5.41, 5.74) is 6.07. The summed E-state index contributed by atoms with van der Waals surface area (Å²) in [7, 11) is 0. The Morgan fingerprint density at radius 2 is 1.60 bits per heavy atom. The Morgan fingerprint density at radius 3 is 1.93 bits per heavy atom. The predicted octanol–water partition coefficient (Wildman–Crippen LogP) is 2.92. The van der Waals surface area contributed by atoms with Gasteiger partial charge in [-0.05, 0) is 44.7 Å². The Bertz CT molecular complexity index is 129. The van der Waals surface area contributed by atoms with Crippen LogP contribution in [0, 0.1) is 5.92 Å². The number of nitrogens with one attached hydrogen (secondary N) is 1. The Labute approximate surface area is 96.0 Å². The van der Waals surface area contributed by atoms with E-state index in [4.69, 9.17) is 5.73 Å². The Kier molecular flexibility index (Phi) is 8.07. The van der Waals surface area contributed by atoms with E-state index in [0.29, 0.717) is 11.5 Å². The van der Waals surface area contributed by atoms with Gasteiger partial charge in [0.25, 0.3) is 0 Å². The van der Waals surface area contributed by atoms with Gasteiger partial charge in [-0.25, -0.2) is 0 Å². The normalized spacial score (nSPS) is 14.2. The van der Waals surface area contributed by atoms with Crippen molar-refractivity contribution < 1.29 is 0 Å². The largest absolute Gasteiger partial charge is 0.330 e. The van der Waals surface area contributed by atoms with E-state index in [9.17, 15) is 0 Å². The van der Waals surface area contributed by atoms with Crippen molar-refractivity contribution in [3.63, 3.8) is 0 Å². The van der Waals surface area contributed by atoms with Crippen molar-refractivity contribution in [1.82, 2.24) is 5.32 Å². The summed E-state index contributed by atoms with van der Waals surface area (Å²) in [6.07, 6.45) is 6.09. The summed E-state index contributed by atoms with van der Waals surface area (Å²) >= 11 is 0. The average molecular weight is 214 g/mol. The molecule has 2 nitrogen and oxygen atoms in total. The fourth-order valence-electron chi connectivity index (χ4n) is 2.16. The van der Waals surface area contributed by atoms with Crippen LogP contribution in [-0.4, -0.2) is 18.6 Å². The quantitative estimate of drug-likeness (QED) is 0.619. The fourth-order valence-corrected chi connectivity index (χ4v) is 2.16. The van der Waals surface area contributed by atoms with Gasteiger partial charge in [-0.1, -0.05) is 34.1 Å². The smallest absolute Gasteiger partial charge is 0.0173 e. The molecule has 15 heavy (non-hydrogen) atoms. The molecule has 2 heteroatoms.